The van der Waals surface area contributed by atoms with Gasteiger partial charge in [-0.1, -0.05) is 14.4 Å². The summed E-state index contributed by atoms with van der Waals surface area (Å²) in [6.07, 6.45) is -1.00. The molecule has 90 valence electrons. The molecule has 3 N–H and O–H groups in total. The molecule has 4 atom stereocenters. The summed E-state index contributed by atoms with van der Waals surface area (Å²) < 4.78 is 5.30. The molecule has 1 rings (SSSR count). The van der Waals surface area contributed by atoms with Crippen LogP contribution in [0.2, 0.25) is 0 Å². The molecule has 0 spiro atoms. The summed E-state index contributed by atoms with van der Waals surface area (Å²) in [6, 6.07) is -0.370. The van der Waals surface area contributed by atoms with Gasteiger partial charge in [0.25, 0.3) is 0 Å². The minimum atomic E-state index is -0.662. The molecule has 0 aromatic heterocycles. The van der Waals surface area contributed by atoms with Gasteiger partial charge in [-0.3, -0.25) is 4.79 Å². The summed E-state index contributed by atoms with van der Waals surface area (Å²) in [5.41, 5.74) is 0. The second kappa shape index (κ2) is 6.05. The van der Waals surface area contributed by atoms with Crippen LogP contribution < -0.4 is 5.32 Å². The van der Waals surface area contributed by atoms with E-state index in [2.05, 4.69) is 5.32 Å². The molecule has 0 aromatic carbocycles. The Bertz CT molecular complexity index is 210. The van der Waals surface area contributed by atoms with Gasteiger partial charge in [-0.05, 0) is 0 Å². The lowest BCUT2D eigenvalue weighted by atomic mass is 9.90. The minimum Gasteiger partial charge on any atom is -0.394 e. The molecular weight excluding hydrogens is 198 g/mol. The van der Waals surface area contributed by atoms with Crippen molar-refractivity contribution >= 4 is 5.91 Å². The van der Waals surface area contributed by atoms with Crippen LogP contribution in [-0.4, -0.2) is 47.6 Å². The number of nitrogens with one attached hydrogen (secondary N) is 1. The van der Waals surface area contributed by atoms with Crippen LogP contribution in [0.15, 0.2) is 0 Å². The largest absolute Gasteiger partial charge is 0.394 e. The molecule has 0 aromatic rings. The van der Waals surface area contributed by atoms with Crippen molar-refractivity contribution in [3.05, 3.63) is 0 Å². The monoisotopic (exact) mass is 219 g/mol. The van der Waals surface area contributed by atoms with E-state index in [1.54, 1.807) is 6.92 Å². The number of amides is 1. The number of carbonyl (C=O) groups is 1. The van der Waals surface area contributed by atoms with Crippen LogP contribution in [0.1, 0.15) is 21.3 Å². The smallest absolute Gasteiger partial charge is 0.217 e. The summed E-state index contributed by atoms with van der Waals surface area (Å²) in [6.45, 7) is 3.33. The van der Waals surface area contributed by atoms with Crippen LogP contribution in [-0.2, 0) is 9.53 Å². The van der Waals surface area contributed by atoms with Crippen LogP contribution in [0, 0.1) is 5.92 Å². The van der Waals surface area contributed by atoms with Gasteiger partial charge in [-0.2, -0.15) is 0 Å². The lowest BCUT2D eigenvalue weighted by molar-refractivity contribution is -0.135. The van der Waals surface area contributed by atoms with Crippen molar-refractivity contribution in [2.75, 3.05) is 13.2 Å². The van der Waals surface area contributed by atoms with Crippen LogP contribution in [0.4, 0.5) is 0 Å². The average Bonchev–Trinajstić information content (AvgIpc) is 2.13. The third-order valence-electron chi connectivity index (χ3n) is 2.60. The Morgan fingerprint density at radius 1 is 1.60 bits per heavy atom. The van der Waals surface area contributed by atoms with E-state index in [1.165, 1.54) is 6.92 Å². The van der Waals surface area contributed by atoms with E-state index in [1.807, 2.05) is 0 Å². The third-order valence-corrected chi connectivity index (χ3v) is 2.60. The van der Waals surface area contributed by atoms with Crippen molar-refractivity contribution in [2.45, 2.75) is 39.5 Å². The van der Waals surface area contributed by atoms with Crippen molar-refractivity contribution in [1.82, 2.24) is 5.32 Å². The number of rotatable bonds is 2. The highest BCUT2D eigenvalue weighted by Crippen LogP contribution is 2.20. The predicted octanol–water partition coefficient (Wildman–Crippen LogP) is -0.485. The Morgan fingerprint density at radius 3 is 2.67 bits per heavy atom. The zero-order valence-corrected chi connectivity index (χ0v) is 8.43. The normalized spacial score (nSPS) is 35.5. The summed E-state index contributed by atoms with van der Waals surface area (Å²) >= 11 is 0. The fourth-order valence-electron chi connectivity index (χ4n) is 1.67. The van der Waals surface area contributed by atoms with Gasteiger partial charge >= 0.3 is 0 Å². The first-order chi connectivity index (χ1) is 6.56. The maximum Gasteiger partial charge on any atom is 0.217 e. The highest BCUT2D eigenvalue weighted by atomic mass is 16.5. The third kappa shape index (κ3) is 3.44. The second-order valence-electron chi connectivity index (χ2n) is 3.71. The molecule has 1 heterocycles. The first kappa shape index (κ1) is 14.3. The summed E-state index contributed by atoms with van der Waals surface area (Å²) in [4.78, 5) is 10.8. The van der Waals surface area contributed by atoms with Crippen molar-refractivity contribution in [3.63, 3.8) is 0 Å². The zero-order valence-electron chi connectivity index (χ0n) is 8.43. The number of aliphatic hydroxyl groups is 2. The summed E-state index contributed by atoms with van der Waals surface area (Å²) in [5.74, 6) is -0.363. The molecule has 1 amide bonds. The van der Waals surface area contributed by atoms with Crippen LogP contribution in [0.25, 0.3) is 0 Å². The molecule has 5 nitrogen and oxygen atoms in total. The SMILES string of the molecule is C.CC(=O)NC1COC(CO)[C@@H](C)C1O. The fraction of sp³-hybridized carbons (Fsp3) is 0.900. The number of ether oxygens (including phenoxy) is 1. The summed E-state index contributed by atoms with van der Waals surface area (Å²) in [7, 11) is 0. The highest BCUT2D eigenvalue weighted by Gasteiger charge is 2.36. The molecule has 0 bridgehead atoms. The van der Waals surface area contributed by atoms with Crippen LogP contribution in [0.5, 0.6) is 0 Å². The van der Waals surface area contributed by atoms with Gasteiger partial charge in [0.2, 0.25) is 5.91 Å². The van der Waals surface area contributed by atoms with E-state index in [-0.39, 0.29) is 44.6 Å². The van der Waals surface area contributed by atoms with Crippen LogP contribution >= 0.6 is 0 Å². The summed E-state index contributed by atoms with van der Waals surface area (Å²) in [5, 5.41) is 21.3. The quantitative estimate of drug-likeness (QED) is 0.586. The van der Waals surface area contributed by atoms with E-state index < -0.39 is 6.10 Å². The number of hydrogen-bond acceptors (Lipinski definition) is 4. The molecule has 1 fully saturated rings. The average molecular weight is 219 g/mol. The Hall–Kier alpha value is -0.650. The lowest BCUT2D eigenvalue weighted by Gasteiger charge is -2.38. The van der Waals surface area contributed by atoms with E-state index >= 15 is 0 Å². The Balaban J connectivity index is 0.00000196. The van der Waals surface area contributed by atoms with Crippen molar-refractivity contribution in [3.8, 4) is 0 Å². The molecule has 1 aliphatic heterocycles. The van der Waals surface area contributed by atoms with E-state index in [0.29, 0.717) is 0 Å². The first-order valence-electron chi connectivity index (χ1n) is 4.74. The van der Waals surface area contributed by atoms with Gasteiger partial charge in [0, 0.05) is 12.8 Å². The Kier molecular flexibility index (Phi) is 5.79. The molecule has 0 aliphatic carbocycles. The van der Waals surface area contributed by atoms with Crippen LogP contribution in [0.3, 0.4) is 0 Å². The van der Waals surface area contributed by atoms with Gasteiger partial charge < -0.3 is 20.3 Å². The standard InChI is InChI=1S/C9H17NO4.CH4/c1-5-8(3-11)14-4-7(9(5)13)10-6(2)12;/h5,7-9,11,13H,3-4H2,1-2H3,(H,10,12);1H4/t5-,7?,8?,9?;/m1./s1. The maximum absolute atomic E-state index is 10.8. The fourth-order valence-corrected chi connectivity index (χ4v) is 1.67. The molecular formula is C10H21NO4. The second-order valence-corrected chi connectivity index (χ2v) is 3.71. The number of aliphatic hydroxyl groups excluding tert-OH is 2. The molecule has 15 heavy (non-hydrogen) atoms. The van der Waals surface area contributed by atoms with Gasteiger partial charge in [0.15, 0.2) is 0 Å². The molecule has 3 unspecified atom stereocenters. The highest BCUT2D eigenvalue weighted by molar-refractivity contribution is 5.73. The minimum absolute atomic E-state index is 0. The lowest BCUT2D eigenvalue weighted by Crippen LogP contribution is -2.56. The van der Waals surface area contributed by atoms with Crippen molar-refractivity contribution in [2.24, 2.45) is 5.92 Å². The Labute approximate surface area is 90.4 Å². The first-order valence-corrected chi connectivity index (χ1v) is 4.74. The van der Waals surface area contributed by atoms with E-state index in [4.69, 9.17) is 9.84 Å². The van der Waals surface area contributed by atoms with Gasteiger partial charge in [0.1, 0.15) is 0 Å². The topological polar surface area (TPSA) is 78.8 Å². The van der Waals surface area contributed by atoms with E-state index in [9.17, 15) is 9.90 Å². The molecule has 1 saturated heterocycles. The van der Waals surface area contributed by atoms with E-state index in [0.717, 1.165) is 0 Å². The molecule has 1 aliphatic rings. The number of hydrogen-bond donors (Lipinski definition) is 3. The van der Waals surface area contributed by atoms with Crippen molar-refractivity contribution in [1.29, 1.82) is 0 Å². The van der Waals surface area contributed by atoms with Gasteiger partial charge in [-0.25, -0.2) is 0 Å². The molecule has 5 heteroatoms. The molecule has 0 saturated carbocycles. The van der Waals surface area contributed by atoms with Crippen molar-refractivity contribution < 1.29 is 19.7 Å². The number of carbonyl (C=O) groups excluding carboxylic acids is 1. The van der Waals surface area contributed by atoms with Gasteiger partial charge in [-0.15, -0.1) is 0 Å². The van der Waals surface area contributed by atoms with Gasteiger partial charge in [0.05, 0.1) is 31.5 Å². The maximum atomic E-state index is 10.8. The predicted molar refractivity (Wildman–Crippen MR) is 56.3 cm³/mol. The zero-order chi connectivity index (χ0) is 10.7. The molecule has 0 radical (unpaired) electrons. The Morgan fingerprint density at radius 2 is 2.20 bits per heavy atom.